The lowest BCUT2D eigenvalue weighted by Gasteiger charge is -2.13. The molecule has 13 heavy (non-hydrogen) atoms. The van der Waals surface area contributed by atoms with Crippen molar-refractivity contribution in [3.8, 4) is 0 Å². The third-order valence-electron chi connectivity index (χ3n) is 1.59. The van der Waals surface area contributed by atoms with E-state index in [2.05, 4.69) is 15.4 Å². The summed E-state index contributed by atoms with van der Waals surface area (Å²) in [4.78, 5) is 8.14. The van der Waals surface area contributed by atoms with Crippen LogP contribution >= 0.6 is 0 Å². The number of aromatic nitrogens is 2. The Bertz CT molecular complexity index is 229. The van der Waals surface area contributed by atoms with Gasteiger partial charge in [0.2, 0.25) is 0 Å². The quantitative estimate of drug-likeness (QED) is 0.496. The second-order valence-electron chi connectivity index (χ2n) is 2.49. The third-order valence-corrected chi connectivity index (χ3v) is 1.59. The molecule has 0 spiro atoms. The Morgan fingerprint density at radius 2 is 2.23 bits per heavy atom. The molecule has 0 amide bonds. The van der Waals surface area contributed by atoms with E-state index in [4.69, 9.17) is 10.6 Å². The third kappa shape index (κ3) is 3.06. The molecule has 1 aromatic rings. The van der Waals surface area contributed by atoms with Crippen LogP contribution in [0.3, 0.4) is 0 Å². The zero-order chi connectivity index (χ0) is 9.52. The van der Waals surface area contributed by atoms with Gasteiger partial charge in [0.15, 0.2) is 0 Å². The monoisotopic (exact) mass is 182 g/mol. The Kier molecular flexibility index (Phi) is 4.31. The highest BCUT2D eigenvalue weighted by atomic mass is 16.5. The molecule has 1 rings (SSSR count). The van der Waals surface area contributed by atoms with Gasteiger partial charge in [-0.15, -0.1) is 0 Å². The summed E-state index contributed by atoms with van der Waals surface area (Å²) >= 11 is 0. The van der Waals surface area contributed by atoms with Gasteiger partial charge in [0.05, 0.1) is 6.61 Å². The van der Waals surface area contributed by atoms with Crippen LogP contribution in [0, 0.1) is 0 Å². The van der Waals surface area contributed by atoms with Crippen LogP contribution in [0.2, 0.25) is 0 Å². The first-order valence-corrected chi connectivity index (χ1v) is 4.19. The van der Waals surface area contributed by atoms with Crippen LogP contribution in [0.25, 0.3) is 0 Å². The molecule has 3 N–H and O–H groups in total. The number of nitrogens with zero attached hydrogens (tertiary/aromatic N) is 2. The van der Waals surface area contributed by atoms with Crippen molar-refractivity contribution >= 4 is 0 Å². The molecule has 0 saturated carbocycles. The fourth-order valence-electron chi connectivity index (χ4n) is 0.923. The first-order chi connectivity index (χ1) is 6.38. The summed E-state index contributed by atoms with van der Waals surface area (Å²) in [5, 5.41) is 0. The van der Waals surface area contributed by atoms with Gasteiger partial charge in [-0.25, -0.2) is 15.4 Å². The van der Waals surface area contributed by atoms with Gasteiger partial charge in [-0.05, 0) is 13.0 Å². The minimum atomic E-state index is -0.138. The molecule has 5 heteroatoms. The summed E-state index contributed by atoms with van der Waals surface area (Å²) in [6.07, 6.45) is 3.36. The summed E-state index contributed by atoms with van der Waals surface area (Å²) < 4.78 is 5.22. The van der Waals surface area contributed by atoms with Crippen LogP contribution in [0.15, 0.2) is 18.5 Å². The van der Waals surface area contributed by atoms with Gasteiger partial charge in [0.25, 0.3) is 0 Å². The van der Waals surface area contributed by atoms with Crippen molar-refractivity contribution in [2.45, 2.75) is 13.0 Å². The van der Waals surface area contributed by atoms with E-state index in [0.29, 0.717) is 19.0 Å². The average Bonchev–Trinajstić information content (AvgIpc) is 2.21. The number of rotatable bonds is 5. The Balaban J connectivity index is 2.56. The van der Waals surface area contributed by atoms with Gasteiger partial charge in [0, 0.05) is 19.0 Å². The molecule has 0 aliphatic heterocycles. The second-order valence-corrected chi connectivity index (χ2v) is 2.49. The number of hydrazine groups is 1. The van der Waals surface area contributed by atoms with Gasteiger partial charge in [-0.1, -0.05) is 0 Å². The first-order valence-electron chi connectivity index (χ1n) is 4.19. The van der Waals surface area contributed by atoms with Gasteiger partial charge in [-0.3, -0.25) is 5.84 Å². The molecule has 0 aliphatic rings. The molecule has 5 nitrogen and oxygen atoms in total. The molecule has 72 valence electrons. The van der Waals surface area contributed by atoms with Gasteiger partial charge in [0.1, 0.15) is 11.9 Å². The molecule has 0 aromatic carbocycles. The van der Waals surface area contributed by atoms with Crippen LogP contribution in [0.5, 0.6) is 0 Å². The van der Waals surface area contributed by atoms with Crippen molar-refractivity contribution in [3.63, 3.8) is 0 Å². The van der Waals surface area contributed by atoms with Crippen LogP contribution in [0.1, 0.15) is 18.8 Å². The van der Waals surface area contributed by atoms with E-state index >= 15 is 0 Å². The van der Waals surface area contributed by atoms with E-state index in [9.17, 15) is 0 Å². The minimum absolute atomic E-state index is 0.138. The second kappa shape index (κ2) is 5.58. The van der Waals surface area contributed by atoms with Crippen molar-refractivity contribution in [2.24, 2.45) is 5.84 Å². The molecular weight excluding hydrogens is 168 g/mol. The maximum absolute atomic E-state index is 5.34. The zero-order valence-corrected chi connectivity index (χ0v) is 7.60. The van der Waals surface area contributed by atoms with Crippen LogP contribution < -0.4 is 11.3 Å². The molecule has 1 atom stereocenters. The largest absolute Gasteiger partial charge is 0.380 e. The predicted octanol–water partition coefficient (Wildman–Crippen LogP) is 0.0175. The molecule has 1 heterocycles. The average molecular weight is 182 g/mol. The maximum Gasteiger partial charge on any atom is 0.148 e. The summed E-state index contributed by atoms with van der Waals surface area (Å²) in [5.74, 6) is 5.99. The van der Waals surface area contributed by atoms with Gasteiger partial charge in [-0.2, -0.15) is 0 Å². The summed E-state index contributed by atoms with van der Waals surface area (Å²) in [6, 6.07) is 1.62. The van der Waals surface area contributed by atoms with E-state index in [0.717, 1.165) is 0 Å². The van der Waals surface area contributed by atoms with Crippen molar-refractivity contribution in [1.82, 2.24) is 15.4 Å². The zero-order valence-electron chi connectivity index (χ0n) is 7.60. The lowest BCUT2D eigenvalue weighted by Crippen LogP contribution is -2.32. The van der Waals surface area contributed by atoms with Crippen molar-refractivity contribution < 1.29 is 4.74 Å². The number of nitrogens with one attached hydrogen (secondary N) is 1. The molecule has 0 bridgehead atoms. The molecule has 0 saturated heterocycles. The molecule has 1 aromatic heterocycles. The van der Waals surface area contributed by atoms with Crippen LogP contribution in [0.4, 0.5) is 0 Å². The fourth-order valence-corrected chi connectivity index (χ4v) is 0.923. The Hall–Kier alpha value is -1.04. The topological polar surface area (TPSA) is 73.1 Å². The Labute approximate surface area is 77.3 Å². The van der Waals surface area contributed by atoms with Crippen LogP contribution in [-0.4, -0.2) is 23.2 Å². The summed E-state index contributed by atoms with van der Waals surface area (Å²) in [6.45, 7) is 3.07. The number of nitrogens with two attached hydrogens (primary N) is 1. The minimum Gasteiger partial charge on any atom is -0.380 e. The van der Waals surface area contributed by atoms with Crippen molar-refractivity contribution in [2.75, 3.05) is 13.2 Å². The Morgan fingerprint density at radius 1 is 1.54 bits per heavy atom. The molecular formula is C8H14N4O. The van der Waals surface area contributed by atoms with Gasteiger partial charge < -0.3 is 4.74 Å². The normalized spacial score (nSPS) is 12.8. The molecule has 1 unspecified atom stereocenters. The lowest BCUT2D eigenvalue weighted by molar-refractivity contribution is 0.120. The highest BCUT2D eigenvalue weighted by Gasteiger charge is 2.11. The molecule has 0 radical (unpaired) electrons. The highest BCUT2D eigenvalue weighted by molar-refractivity contribution is 4.95. The molecule has 0 aliphatic carbocycles. The number of ether oxygens (including phenoxy) is 1. The molecule has 0 fully saturated rings. The van der Waals surface area contributed by atoms with E-state index in [1.165, 1.54) is 0 Å². The maximum atomic E-state index is 5.34. The standard InChI is InChI=1S/C8H14N4O/c1-2-13-6-7(12-9)8-10-4-3-5-11-8/h3-5,7,12H,2,6,9H2,1H3. The summed E-state index contributed by atoms with van der Waals surface area (Å²) in [5.41, 5.74) is 2.60. The van der Waals surface area contributed by atoms with Crippen molar-refractivity contribution in [3.05, 3.63) is 24.3 Å². The van der Waals surface area contributed by atoms with E-state index < -0.39 is 0 Å². The fraction of sp³-hybridized carbons (Fsp3) is 0.500. The van der Waals surface area contributed by atoms with Crippen molar-refractivity contribution in [1.29, 1.82) is 0 Å². The summed E-state index contributed by atoms with van der Waals surface area (Å²) in [7, 11) is 0. The smallest absolute Gasteiger partial charge is 0.148 e. The SMILES string of the molecule is CCOCC(NN)c1ncccn1. The number of hydrogen-bond acceptors (Lipinski definition) is 5. The highest BCUT2D eigenvalue weighted by Crippen LogP contribution is 2.04. The first kappa shape index (κ1) is 10.0. The van der Waals surface area contributed by atoms with Crippen LogP contribution in [-0.2, 0) is 4.74 Å². The number of hydrogen-bond donors (Lipinski definition) is 2. The van der Waals surface area contributed by atoms with E-state index in [-0.39, 0.29) is 6.04 Å². The predicted molar refractivity (Wildman–Crippen MR) is 48.6 cm³/mol. The van der Waals surface area contributed by atoms with E-state index in [1.54, 1.807) is 18.5 Å². The lowest BCUT2D eigenvalue weighted by atomic mass is 10.3. The Morgan fingerprint density at radius 3 is 2.77 bits per heavy atom. The van der Waals surface area contributed by atoms with E-state index in [1.807, 2.05) is 6.92 Å². The van der Waals surface area contributed by atoms with Gasteiger partial charge >= 0.3 is 0 Å².